The molecule has 0 aliphatic heterocycles. The highest BCUT2D eigenvalue weighted by atomic mass is 16.5. The molecule has 134 valence electrons. The number of nitrogens with zero attached hydrogens (tertiary/aromatic N) is 1. The number of carbonyl (C=O) groups is 2. The third-order valence-electron chi connectivity index (χ3n) is 4.11. The minimum absolute atomic E-state index is 0.0844. The van der Waals surface area contributed by atoms with Crippen LogP contribution in [0.5, 0.6) is 5.75 Å². The Bertz CT molecular complexity index is 987. The van der Waals surface area contributed by atoms with Crippen molar-refractivity contribution in [1.29, 1.82) is 0 Å². The van der Waals surface area contributed by atoms with Crippen molar-refractivity contribution in [1.82, 2.24) is 4.57 Å². The van der Waals surface area contributed by atoms with Gasteiger partial charge in [-0.1, -0.05) is 0 Å². The molecule has 0 saturated heterocycles. The number of esters is 1. The van der Waals surface area contributed by atoms with Gasteiger partial charge in [-0.2, -0.15) is 0 Å². The molecule has 1 aromatic heterocycles. The summed E-state index contributed by atoms with van der Waals surface area (Å²) in [4.78, 5) is 23.6. The number of ether oxygens (including phenoxy) is 1. The van der Waals surface area contributed by atoms with E-state index in [-0.39, 0.29) is 18.3 Å². The van der Waals surface area contributed by atoms with Crippen LogP contribution in [0.4, 0.5) is 5.69 Å². The summed E-state index contributed by atoms with van der Waals surface area (Å²) in [5.41, 5.74) is 3.47. The van der Waals surface area contributed by atoms with E-state index in [0.717, 1.165) is 16.9 Å². The largest absolute Gasteiger partial charge is 0.508 e. The number of phenols is 1. The predicted molar refractivity (Wildman–Crippen MR) is 99.9 cm³/mol. The highest BCUT2D eigenvalue weighted by molar-refractivity contribution is 6.07. The van der Waals surface area contributed by atoms with Crippen LogP contribution in [0.25, 0.3) is 16.6 Å². The number of carbonyl (C=O) groups excluding carboxylic acids is 2. The second-order valence-electron chi connectivity index (χ2n) is 5.95. The highest BCUT2D eigenvalue weighted by Gasteiger charge is 2.22. The van der Waals surface area contributed by atoms with Gasteiger partial charge in [0.1, 0.15) is 5.75 Å². The van der Waals surface area contributed by atoms with Crippen molar-refractivity contribution in [2.24, 2.45) is 0 Å². The standard InChI is InChI=1S/C20H20N2O4/c1-4-26-20(25)19-12(2)22(18-10-9-16(24)11-17(18)19)15-7-5-14(6-8-15)21-13(3)23/h5-11,24H,4H2,1-3H3,(H,21,23). The first kappa shape index (κ1) is 17.5. The minimum atomic E-state index is -0.422. The van der Waals surface area contributed by atoms with E-state index in [0.29, 0.717) is 16.6 Å². The molecule has 6 heteroatoms. The van der Waals surface area contributed by atoms with E-state index < -0.39 is 5.97 Å². The van der Waals surface area contributed by atoms with Crippen LogP contribution in [0.15, 0.2) is 42.5 Å². The fourth-order valence-electron chi connectivity index (χ4n) is 3.10. The van der Waals surface area contributed by atoms with Crippen molar-refractivity contribution < 1.29 is 19.4 Å². The summed E-state index contributed by atoms with van der Waals surface area (Å²) in [5, 5.41) is 13.2. The Morgan fingerprint density at radius 1 is 1.15 bits per heavy atom. The lowest BCUT2D eigenvalue weighted by atomic mass is 10.1. The molecule has 6 nitrogen and oxygen atoms in total. The van der Waals surface area contributed by atoms with Gasteiger partial charge in [-0.05, 0) is 56.3 Å². The van der Waals surface area contributed by atoms with Gasteiger partial charge in [-0.3, -0.25) is 4.79 Å². The van der Waals surface area contributed by atoms with Crippen LogP contribution in [0.3, 0.4) is 0 Å². The van der Waals surface area contributed by atoms with Gasteiger partial charge in [0.05, 0.1) is 17.7 Å². The fourth-order valence-corrected chi connectivity index (χ4v) is 3.10. The van der Waals surface area contributed by atoms with E-state index in [1.54, 1.807) is 37.3 Å². The maximum Gasteiger partial charge on any atom is 0.340 e. The number of benzene rings is 2. The first-order chi connectivity index (χ1) is 12.4. The molecule has 0 spiro atoms. The maximum atomic E-state index is 12.4. The van der Waals surface area contributed by atoms with Crippen LogP contribution >= 0.6 is 0 Å². The van der Waals surface area contributed by atoms with E-state index in [4.69, 9.17) is 4.74 Å². The van der Waals surface area contributed by atoms with E-state index in [1.165, 1.54) is 6.92 Å². The van der Waals surface area contributed by atoms with Crippen LogP contribution in [-0.2, 0) is 9.53 Å². The van der Waals surface area contributed by atoms with Gasteiger partial charge in [0.2, 0.25) is 5.91 Å². The van der Waals surface area contributed by atoms with Crippen LogP contribution in [0.2, 0.25) is 0 Å². The molecular formula is C20H20N2O4. The number of phenolic OH excluding ortho intramolecular Hbond substituents is 1. The molecule has 0 aliphatic carbocycles. The Balaban J connectivity index is 2.18. The predicted octanol–water partition coefficient (Wildman–Crippen LogP) is 3.78. The average molecular weight is 352 g/mol. The molecule has 2 N–H and O–H groups in total. The van der Waals surface area contributed by atoms with E-state index >= 15 is 0 Å². The number of anilines is 1. The molecule has 0 unspecified atom stereocenters. The second-order valence-corrected chi connectivity index (χ2v) is 5.95. The first-order valence-corrected chi connectivity index (χ1v) is 8.31. The van der Waals surface area contributed by atoms with Crippen molar-refractivity contribution in [3.8, 4) is 11.4 Å². The van der Waals surface area contributed by atoms with Crippen molar-refractivity contribution in [2.75, 3.05) is 11.9 Å². The zero-order chi connectivity index (χ0) is 18.8. The summed E-state index contributed by atoms with van der Waals surface area (Å²) < 4.78 is 7.12. The number of rotatable bonds is 4. The number of aromatic nitrogens is 1. The Morgan fingerprint density at radius 3 is 2.46 bits per heavy atom. The molecule has 1 heterocycles. The van der Waals surface area contributed by atoms with Gasteiger partial charge in [-0.15, -0.1) is 0 Å². The van der Waals surface area contributed by atoms with Gasteiger partial charge < -0.3 is 19.7 Å². The third kappa shape index (κ3) is 3.13. The molecule has 0 atom stereocenters. The molecule has 0 fully saturated rings. The number of fused-ring (bicyclic) bond motifs is 1. The Morgan fingerprint density at radius 2 is 1.85 bits per heavy atom. The van der Waals surface area contributed by atoms with Gasteiger partial charge in [-0.25, -0.2) is 4.79 Å². The molecule has 0 radical (unpaired) electrons. The topological polar surface area (TPSA) is 80.6 Å². The summed E-state index contributed by atoms with van der Waals surface area (Å²) in [6.07, 6.45) is 0. The third-order valence-corrected chi connectivity index (χ3v) is 4.11. The van der Waals surface area contributed by atoms with E-state index in [9.17, 15) is 14.7 Å². The van der Waals surface area contributed by atoms with Crippen molar-refractivity contribution in [2.45, 2.75) is 20.8 Å². The van der Waals surface area contributed by atoms with E-state index in [1.807, 2.05) is 23.6 Å². The molecule has 2 aromatic carbocycles. The van der Waals surface area contributed by atoms with Crippen LogP contribution in [0, 0.1) is 6.92 Å². The number of hydrogen-bond donors (Lipinski definition) is 2. The molecule has 0 aliphatic rings. The Labute approximate surface area is 151 Å². The summed E-state index contributed by atoms with van der Waals surface area (Å²) >= 11 is 0. The number of hydrogen-bond acceptors (Lipinski definition) is 4. The normalized spacial score (nSPS) is 10.7. The lowest BCUT2D eigenvalue weighted by molar-refractivity contribution is -0.114. The summed E-state index contributed by atoms with van der Waals surface area (Å²) in [5.74, 6) is -0.476. The Kier molecular flexibility index (Phi) is 4.67. The van der Waals surface area contributed by atoms with Crippen molar-refractivity contribution in [3.63, 3.8) is 0 Å². The monoisotopic (exact) mass is 352 g/mol. The van der Waals surface area contributed by atoms with Crippen molar-refractivity contribution in [3.05, 3.63) is 53.7 Å². The first-order valence-electron chi connectivity index (χ1n) is 8.31. The molecule has 0 bridgehead atoms. The van der Waals surface area contributed by atoms with Gasteiger partial charge >= 0.3 is 5.97 Å². The van der Waals surface area contributed by atoms with E-state index in [2.05, 4.69) is 5.32 Å². The number of nitrogens with one attached hydrogen (secondary N) is 1. The van der Waals surface area contributed by atoms with Crippen molar-refractivity contribution >= 4 is 28.5 Å². The Hall–Kier alpha value is -3.28. The molecule has 0 saturated carbocycles. The fraction of sp³-hybridized carbons (Fsp3) is 0.200. The lowest BCUT2D eigenvalue weighted by Gasteiger charge is -2.10. The maximum absolute atomic E-state index is 12.4. The zero-order valence-corrected chi connectivity index (χ0v) is 14.9. The smallest absolute Gasteiger partial charge is 0.340 e. The second kappa shape index (κ2) is 6.92. The van der Waals surface area contributed by atoms with Crippen LogP contribution in [0.1, 0.15) is 29.9 Å². The van der Waals surface area contributed by atoms with Gasteiger partial charge in [0.15, 0.2) is 0 Å². The van der Waals surface area contributed by atoms with Gasteiger partial charge in [0, 0.05) is 29.4 Å². The van der Waals surface area contributed by atoms with Gasteiger partial charge in [0.25, 0.3) is 0 Å². The number of amides is 1. The molecule has 1 amide bonds. The zero-order valence-electron chi connectivity index (χ0n) is 14.9. The quantitative estimate of drug-likeness (QED) is 0.700. The molecular weight excluding hydrogens is 332 g/mol. The summed E-state index contributed by atoms with van der Waals surface area (Å²) in [6, 6.07) is 12.2. The highest BCUT2D eigenvalue weighted by Crippen LogP contribution is 2.32. The number of aromatic hydroxyl groups is 1. The minimum Gasteiger partial charge on any atom is -0.508 e. The molecule has 3 aromatic rings. The summed E-state index contributed by atoms with van der Waals surface area (Å²) in [7, 11) is 0. The van der Waals surface area contributed by atoms with Crippen LogP contribution in [-0.4, -0.2) is 28.2 Å². The molecule has 3 rings (SSSR count). The average Bonchev–Trinajstić information content (AvgIpc) is 2.86. The molecule has 26 heavy (non-hydrogen) atoms. The lowest BCUT2D eigenvalue weighted by Crippen LogP contribution is -2.07. The van der Waals surface area contributed by atoms with Crippen LogP contribution < -0.4 is 5.32 Å². The summed E-state index contributed by atoms with van der Waals surface area (Å²) in [6.45, 7) is 5.32. The SMILES string of the molecule is CCOC(=O)c1c(C)n(-c2ccc(NC(C)=O)cc2)c2ccc(O)cc12.